The summed E-state index contributed by atoms with van der Waals surface area (Å²) in [5.41, 5.74) is 1.10. The minimum atomic E-state index is -0.252. The van der Waals surface area contributed by atoms with Crippen molar-refractivity contribution in [3.8, 4) is 6.07 Å². The van der Waals surface area contributed by atoms with E-state index in [0.29, 0.717) is 29.8 Å². The second-order valence-electron chi connectivity index (χ2n) is 6.15. The highest BCUT2D eigenvalue weighted by Gasteiger charge is 2.31. The summed E-state index contributed by atoms with van der Waals surface area (Å²) in [7, 11) is 0. The van der Waals surface area contributed by atoms with Gasteiger partial charge in [-0.15, -0.1) is 0 Å². The fourth-order valence-electron chi connectivity index (χ4n) is 3.67. The Morgan fingerprint density at radius 3 is 2.90 bits per heavy atom. The van der Waals surface area contributed by atoms with Crippen LogP contribution >= 0.6 is 0 Å². The molecule has 0 radical (unpaired) electrons. The summed E-state index contributed by atoms with van der Waals surface area (Å²) in [6, 6.07) is 7.90. The molecule has 3 nitrogen and oxygen atoms in total. The molecule has 2 saturated heterocycles. The van der Waals surface area contributed by atoms with Gasteiger partial charge in [0.05, 0.1) is 11.6 Å². The Morgan fingerprint density at radius 2 is 2.19 bits per heavy atom. The number of nitriles is 1. The Hall–Kier alpha value is -1.44. The van der Waals surface area contributed by atoms with Crippen LogP contribution in [0.2, 0.25) is 0 Å². The maximum atomic E-state index is 14.1. The van der Waals surface area contributed by atoms with Gasteiger partial charge >= 0.3 is 0 Å². The lowest BCUT2D eigenvalue weighted by Crippen LogP contribution is -2.49. The van der Waals surface area contributed by atoms with Crippen molar-refractivity contribution in [2.45, 2.75) is 50.7 Å². The van der Waals surface area contributed by atoms with Crippen LogP contribution in [-0.2, 0) is 6.54 Å². The van der Waals surface area contributed by atoms with Gasteiger partial charge in [0, 0.05) is 24.2 Å². The molecular weight excluding hydrogens is 265 g/mol. The lowest BCUT2D eigenvalue weighted by molar-refractivity contribution is 0.111. The van der Waals surface area contributed by atoms with Gasteiger partial charge in [-0.05, 0) is 50.9 Å². The molecule has 0 bridgehead atoms. The van der Waals surface area contributed by atoms with Gasteiger partial charge < -0.3 is 5.32 Å². The molecule has 0 amide bonds. The number of halogens is 1. The molecule has 2 unspecified atom stereocenters. The Bertz CT molecular complexity index is 531. The molecule has 2 aliphatic heterocycles. The molecule has 2 atom stereocenters. The van der Waals surface area contributed by atoms with E-state index in [-0.39, 0.29) is 5.82 Å². The minimum Gasteiger partial charge on any atom is -0.312 e. The van der Waals surface area contributed by atoms with Gasteiger partial charge in [0.2, 0.25) is 0 Å². The normalized spacial score (nSPS) is 26.7. The van der Waals surface area contributed by atoms with Crippen molar-refractivity contribution in [1.82, 2.24) is 10.2 Å². The topological polar surface area (TPSA) is 39.1 Å². The SMILES string of the molecule is N#Cc1ccc(CN2CCCCC2C2CCCN2)c(F)c1. The number of hydrogen-bond donors (Lipinski definition) is 1. The van der Waals surface area contributed by atoms with E-state index in [1.54, 1.807) is 12.1 Å². The van der Waals surface area contributed by atoms with E-state index in [1.807, 2.05) is 6.07 Å². The molecule has 1 N–H and O–H groups in total. The van der Waals surface area contributed by atoms with Crippen molar-refractivity contribution in [1.29, 1.82) is 5.26 Å². The van der Waals surface area contributed by atoms with Crippen LogP contribution in [0.1, 0.15) is 43.2 Å². The molecule has 0 saturated carbocycles. The van der Waals surface area contributed by atoms with E-state index < -0.39 is 0 Å². The zero-order valence-corrected chi connectivity index (χ0v) is 12.3. The van der Waals surface area contributed by atoms with Gasteiger partial charge in [0.15, 0.2) is 0 Å². The molecule has 0 aliphatic carbocycles. The summed E-state index contributed by atoms with van der Waals surface area (Å²) < 4.78 is 14.1. The lowest BCUT2D eigenvalue weighted by Gasteiger charge is -2.39. The summed E-state index contributed by atoms with van der Waals surface area (Å²) in [5.74, 6) is -0.252. The molecule has 1 aromatic rings. The van der Waals surface area contributed by atoms with Crippen molar-refractivity contribution in [3.05, 3.63) is 35.1 Å². The zero-order chi connectivity index (χ0) is 14.7. The van der Waals surface area contributed by atoms with E-state index >= 15 is 0 Å². The number of likely N-dealkylation sites (tertiary alicyclic amines) is 1. The maximum absolute atomic E-state index is 14.1. The van der Waals surface area contributed by atoms with Crippen molar-refractivity contribution < 1.29 is 4.39 Å². The summed E-state index contributed by atoms with van der Waals surface area (Å²) in [6.07, 6.45) is 6.16. The average Bonchev–Trinajstić information content (AvgIpc) is 3.04. The monoisotopic (exact) mass is 287 g/mol. The molecule has 1 aromatic carbocycles. The highest BCUT2D eigenvalue weighted by atomic mass is 19.1. The van der Waals surface area contributed by atoms with Crippen molar-refractivity contribution in [3.63, 3.8) is 0 Å². The van der Waals surface area contributed by atoms with Gasteiger partial charge in [0.25, 0.3) is 0 Å². The third-order valence-corrected chi connectivity index (χ3v) is 4.78. The van der Waals surface area contributed by atoms with E-state index in [0.717, 1.165) is 13.1 Å². The van der Waals surface area contributed by atoms with E-state index in [4.69, 9.17) is 5.26 Å². The van der Waals surface area contributed by atoms with Gasteiger partial charge in [-0.25, -0.2) is 4.39 Å². The third-order valence-electron chi connectivity index (χ3n) is 4.78. The molecular formula is C17H22FN3. The van der Waals surface area contributed by atoms with E-state index in [9.17, 15) is 4.39 Å². The van der Waals surface area contributed by atoms with Crippen molar-refractivity contribution >= 4 is 0 Å². The number of nitrogens with zero attached hydrogens (tertiary/aromatic N) is 2. The van der Waals surface area contributed by atoms with E-state index in [1.165, 1.54) is 38.2 Å². The van der Waals surface area contributed by atoms with Gasteiger partial charge in [-0.3, -0.25) is 4.90 Å². The first-order valence-electron chi connectivity index (χ1n) is 7.94. The second-order valence-corrected chi connectivity index (χ2v) is 6.15. The Labute approximate surface area is 125 Å². The Morgan fingerprint density at radius 1 is 1.29 bits per heavy atom. The molecule has 21 heavy (non-hydrogen) atoms. The summed E-state index contributed by atoms with van der Waals surface area (Å²) in [4.78, 5) is 2.43. The maximum Gasteiger partial charge on any atom is 0.129 e. The molecule has 2 fully saturated rings. The molecule has 2 heterocycles. The first kappa shape index (κ1) is 14.5. The molecule has 112 valence electrons. The zero-order valence-electron chi connectivity index (χ0n) is 12.3. The number of rotatable bonds is 3. The van der Waals surface area contributed by atoms with Gasteiger partial charge in [-0.2, -0.15) is 5.26 Å². The first-order chi connectivity index (χ1) is 10.3. The number of piperidine rings is 1. The van der Waals surface area contributed by atoms with Crippen LogP contribution in [0.15, 0.2) is 18.2 Å². The third kappa shape index (κ3) is 3.25. The molecule has 0 spiro atoms. The van der Waals surface area contributed by atoms with Crippen LogP contribution in [0.3, 0.4) is 0 Å². The fourth-order valence-corrected chi connectivity index (χ4v) is 3.67. The average molecular weight is 287 g/mol. The highest BCUT2D eigenvalue weighted by Crippen LogP contribution is 2.26. The van der Waals surface area contributed by atoms with Crippen LogP contribution in [0, 0.1) is 17.1 Å². The number of hydrogen-bond acceptors (Lipinski definition) is 3. The number of nitrogens with one attached hydrogen (secondary N) is 1. The molecule has 4 heteroatoms. The first-order valence-corrected chi connectivity index (χ1v) is 7.94. The molecule has 2 aliphatic rings. The van der Waals surface area contributed by atoms with Crippen LogP contribution in [-0.4, -0.2) is 30.1 Å². The second kappa shape index (κ2) is 6.55. The minimum absolute atomic E-state index is 0.252. The summed E-state index contributed by atoms with van der Waals surface area (Å²) >= 11 is 0. The Balaban J connectivity index is 1.73. The quantitative estimate of drug-likeness (QED) is 0.929. The predicted octanol–water partition coefficient (Wildman–Crippen LogP) is 2.80. The summed E-state index contributed by atoms with van der Waals surface area (Å²) in [6.45, 7) is 2.81. The van der Waals surface area contributed by atoms with Crippen LogP contribution in [0.25, 0.3) is 0 Å². The van der Waals surface area contributed by atoms with Crippen molar-refractivity contribution in [2.24, 2.45) is 0 Å². The van der Waals surface area contributed by atoms with Crippen LogP contribution in [0.5, 0.6) is 0 Å². The standard InChI is InChI=1S/C17H22FN3/c18-15-10-13(11-19)6-7-14(15)12-21-9-2-1-5-17(21)16-4-3-8-20-16/h6-7,10,16-17,20H,1-5,8-9,12H2. The lowest BCUT2D eigenvalue weighted by atomic mass is 9.94. The Kier molecular flexibility index (Phi) is 4.52. The molecule has 3 rings (SSSR count). The van der Waals surface area contributed by atoms with Crippen LogP contribution < -0.4 is 5.32 Å². The van der Waals surface area contributed by atoms with Crippen molar-refractivity contribution in [2.75, 3.05) is 13.1 Å². The van der Waals surface area contributed by atoms with Crippen LogP contribution in [0.4, 0.5) is 4.39 Å². The largest absolute Gasteiger partial charge is 0.312 e. The van der Waals surface area contributed by atoms with E-state index in [2.05, 4.69) is 10.2 Å². The van der Waals surface area contributed by atoms with Gasteiger partial charge in [-0.1, -0.05) is 12.5 Å². The number of benzene rings is 1. The van der Waals surface area contributed by atoms with Gasteiger partial charge in [0.1, 0.15) is 5.82 Å². The molecule has 0 aromatic heterocycles. The summed E-state index contributed by atoms with van der Waals surface area (Å²) in [5, 5.41) is 12.4. The predicted molar refractivity (Wildman–Crippen MR) is 80.2 cm³/mol. The fraction of sp³-hybridized carbons (Fsp3) is 0.588. The smallest absolute Gasteiger partial charge is 0.129 e. The highest BCUT2D eigenvalue weighted by molar-refractivity contribution is 5.32.